The molecule has 0 aromatic carbocycles. The van der Waals surface area contributed by atoms with Crippen molar-refractivity contribution in [2.24, 2.45) is 4.99 Å². The lowest BCUT2D eigenvalue weighted by atomic mass is 9.91. The Morgan fingerprint density at radius 2 is 2.08 bits per heavy atom. The molecular weight excluding hydrogens is 158 g/mol. The van der Waals surface area contributed by atoms with E-state index in [4.69, 9.17) is 4.99 Å². The van der Waals surface area contributed by atoms with E-state index >= 15 is 0 Å². The highest BCUT2D eigenvalue weighted by Gasteiger charge is 2.30. The SMILES string of the molecule is CC/C(C)=C1/CC(C)(CC)N=C1C. The van der Waals surface area contributed by atoms with E-state index in [1.165, 1.54) is 16.9 Å². The van der Waals surface area contributed by atoms with Crippen LogP contribution in [0.3, 0.4) is 0 Å². The van der Waals surface area contributed by atoms with Gasteiger partial charge in [0.15, 0.2) is 0 Å². The van der Waals surface area contributed by atoms with Gasteiger partial charge in [0.25, 0.3) is 0 Å². The Hall–Kier alpha value is -0.590. The predicted molar refractivity (Wildman–Crippen MR) is 59.4 cm³/mol. The van der Waals surface area contributed by atoms with E-state index in [0.717, 1.165) is 19.3 Å². The number of allylic oxidation sites excluding steroid dienone is 1. The summed E-state index contributed by atoms with van der Waals surface area (Å²) in [6, 6.07) is 0. The van der Waals surface area contributed by atoms with Crippen LogP contribution in [0.1, 0.15) is 53.9 Å². The number of hydrogen-bond donors (Lipinski definition) is 0. The summed E-state index contributed by atoms with van der Waals surface area (Å²) in [5.74, 6) is 0. The van der Waals surface area contributed by atoms with Crippen LogP contribution in [0.2, 0.25) is 0 Å². The molecule has 0 aromatic rings. The fraction of sp³-hybridized carbons (Fsp3) is 0.750. The fourth-order valence-electron chi connectivity index (χ4n) is 1.90. The van der Waals surface area contributed by atoms with Gasteiger partial charge in [0.2, 0.25) is 0 Å². The molecule has 1 atom stereocenters. The van der Waals surface area contributed by atoms with Crippen molar-refractivity contribution in [3.63, 3.8) is 0 Å². The highest BCUT2D eigenvalue weighted by molar-refractivity contribution is 6.01. The van der Waals surface area contributed by atoms with Crippen LogP contribution in [0.25, 0.3) is 0 Å². The molecule has 1 aliphatic rings. The highest BCUT2D eigenvalue weighted by atomic mass is 14.9. The molecule has 74 valence electrons. The molecule has 13 heavy (non-hydrogen) atoms. The summed E-state index contributed by atoms with van der Waals surface area (Å²) < 4.78 is 0. The van der Waals surface area contributed by atoms with E-state index in [9.17, 15) is 0 Å². The molecule has 1 nitrogen and oxygen atoms in total. The van der Waals surface area contributed by atoms with Crippen LogP contribution in [0.4, 0.5) is 0 Å². The molecule has 1 rings (SSSR count). The predicted octanol–water partition coefficient (Wildman–Crippen LogP) is 3.75. The van der Waals surface area contributed by atoms with Crippen LogP contribution in [-0.4, -0.2) is 11.3 Å². The van der Waals surface area contributed by atoms with E-state index in [1.54, 1.807) is 0 Å². The second kappa shape index (κ2) is 3.65. The molecule has 1 heteroatoms. The minimum absolute atomic E-state index is 0.190. The molecule has 0 saturated heterocycles. The van der Waals surface area contributed by atoms with Crippen LogP contribution >= 0.6 is 0 Å². The topological polar surface area (TPSA) is 12.4 Å². The van der Waals surface area contributed by atoms with Gasteiger partial charge in [-0.15, -0.1) is 0 Å². The van der Waals surface area contributed by atoms with Gasteiger partial charge in [-0.2, -0.15) is 0 Å². The third-order valence-corrected chi connectivity index (χ3v) is 3.24. The zero-order valence-corrected chi connectivity index (χ0v) is 9.57. The third-order valence-electron chi connectivity index (χ3n) is 3.24. The molecule has 1 unspecified atom stereocenters. The molecule has 0 aromatic heterocycles. The van der Waals surface area contributed by atoms with Crippen LogP contribution in [0, 0.1) is 0 Å². The Labute approximate surface area is 82.0 Å². The van der Waals surface area contributed by atoms with Crippen LogP contribution in [0.15, 0.2) is 16.1 Å². The van der Waals surface area contributed by atoms with Crippen molar-refractivity contribution < 1.29 is 0 Å². The summed E-state index contributed by atoms with van der Waals surface area (Å²) in [5.41, 5.74) is 4.48. The first-order chi connectivity index (χ1) is 6.02. The largest absolute Gasteiger partial charge is 0.283 e. The standard InChI is InChI=1S/C12H21N/c1-6-9(3)11-8-12(5,7-2)13-10(11)4/h6-8H2,1-5H3/b11-9-. The maximum absolute atomic E-state index is 4.75. The summed E-state index contributed by atoms with van der Waals surface area (Å²) in [7, 11) is 0. The minimum Gasteiger partial charge on any atom is -0.283 e. The Bertz CT molecular complexity index is 260. The number of aliphatic imine (C=N–C) groups is 1. The van der Waals surface area contributed by atoms with Gasteiger partial charge < -0.3 is 0 Å². The average Bonchev–Trinajstić information content (AvgIpc) is 2.42. The van der Waals surface area contributed by atoms with E-state index in [0.29, 0.717) is 0 Å². The summed E-state index contributed by atoms with van der Waals surface area (Å²) in [6.07, 6.45) is 3.45. The Morgan fingerprint density at radius 3 is 2.46 bits per heavy atom. The first kappa shape index (κ1) is 10.5. The van der Waals surface area contributed by atoms with E-state index < -0.39 is 0 Å². The molecule has 0 bridgehead atoms. The van der Waals surface area contributed by atoms with Crippen LogP contribution in [-0.2, 0) is 0 Å². The van der Waals surface area contributed by atoms with Crippen molar-refractivity contribution in [2.75, 3.05) is 0 Å². The molecule has 0 fully saturated rings. The van der Waals surface area contributed by atoms with Crippen molar-refractivity contribution >= 4 is 5.71 Å². The zero-order chi connectivity index (χ0) is 10.1. The molecule has 0 spiro atoms. The second-order valence-corrected chi connectivity index (χ2v) is 4.34. The van der Waals surface area contributed by atoms with Crippen molar-refractivity contribution in [2.45, 2.75) is 59.4 Å². The van der Waals surface area contributed by atoms with Crippen LogP contribution in [0.5, 0.6) is 0 Å². The Morgan fingerprint density at radius 1 is 1.46 bits per heavy atom. The van der Waals surface area contributed by atoms with E-state index in [2.05, 4.69) is 34.6 Å². The molecule has 0 saturated carbocycles. The normalized spacial score (nSPS) is 31.9. The average molecular weight is 179 g/mol. The van der Waals surface area contributed by atoms with Gasteiger partial charge >= 0.3 is 0 Å². The highest BCUT2D eigenvalue weighted by Crippen LogP contribution is 2.34. The third kappa shape index (κ3) is 2.01. The lowest BCUT2D eigenvalue weighted by Gasteiger charge is -2.17. The van der Waals surface area contributed by atoms with E-state index in [-0.39, 0.29) is 5.54 Å². The Balaban J connectivity index is 2.95. The van der Waals surface area contributed by atoms with Gasteiger partial charge in [-0.25, -0.2) is 0 Å². The van der Waals surface area contributed by atoms with Crippen molar-refractivity contribution in [3.05, 3.63) is 11.1 Å². The lowest BCUT2D eigenvalue weighted by molar-refractivity contribution is 0.474. The monoisotopic (exact) mass is 179 g/mol. The summed E-state index contributed by atoms with van der Waals surface area (Å²) in [6.45, 7) is 11.1. The zero-order valence-electron chi connectivity index (χ0n) is 9.57. The van der Waals surface area contributed by atoms with Gasteiger partial charge in [0.05, 0.1) is 5.54 Å². The minimum atomic E-state index is 0.190. The van der Waals surface area contributed by atoms with Gasteiger partial charge in [0, 0.05) is 5.71 Å². The first-order valence-corrected chi connectivity index (χ1v) is 5.28. The fourth-order valence-corrected chi connectivity index (χ4v) is 1.90. The maximum Gasteiger partial charge on any atom is 0.0621 e. The summed E-state index contributed by atoms with van der Waals surface area (Å²) >= 11 is 0. The number of rotatable bonds is 2. The van der Waals surface area contributed by atoms with E-state index in [1.807, 2.05) is 0 Å². The molecule has 0 aliphatic carbocycles. The Kier molecular flexibility index (Phi) is 2.94. The molecule has 1 heterocycles. The molecule has 1 aliphatic heterocycles. The van der Waals surface area contributed by atoms with Gasteiger partial charge in [0.1, 0.15) is 0 Å². The molecule has 0 N–H and O–H groups in total. The van der Waals surface area contributed by atoms with Crippen molar-refractivity contribution in [1.29, 1.82) is 0 Å². The van der Waals surface area contributed by atoms with Gasteiger partial charge in [-0.3, -0.25) is 4.99 Å². The molecular formula is C12H21N. The summed E-state index contributed by atoms with van der Waals surface area (Å²) in [5, 5.41) is 0. The molecule has 0 amide bonds. The van der Waals surface area contributed by atoms with Crippen molar-refractivity contribution in [1.82, 2.24) is 0 Å². The number of hydrogen-bond acceptors (Lipinski definition) is 1. The first-order valence-electron chi connectivity index (χ1n) is 5.28. The van der Waals surface area contributed by atoms with Crippen molar-refractivity contribution in [3.8, 4) is 0 Å². The maximum atomic E-state index is 4.75. The molecule has 0 radical (unpaired) electrons. The van der Waals surface area contributed by atoms with Gasteiger partial charge in [-0.1, -0.05) is 19.4 Å². The smallest absolute Gasteiger partial charge is 0.0621 e. The second-order valence-electron chi connectivity index (χ2n) is 4.34. The lowest BCUT2D eigenvalue weighted by Crippen LogP contribution is -2.16. The number of nitrogens with zero attached hydrogens (tertiary/aromatic N) is 1. The quantitative estimate of drug-likeness (QED) is 0.612. The van der Waals surface area contributed by atoms with Crippen LogP contribution < -0.4 is 0 Å². The van der Waals surface area contributed by atoms with Gasteiger partial charge in [-0.05, 0) is 45.6 Å². The summed E-state index contributed by atoms with van der Waals surface area (Å²) in [4.78, 5) is 4.75.